The Bertz CT molecular complexity index is 442. The van der Waals surface area contributed by atoms with E-state index in [1.165, 1.54) is 5.56 Å². The van der Waals surface area contributed by atoms with E-state index >= 15 is 0 Å². The SMILES string of the molecule is CC(C)(C)c1ccc(C(=O)NCCC2OCCO2)cc1. The van der Waals surface area contributed by atoms with Crippen LogP contribution in [0.15, 0.2) is 24.3 Å². The van der Waals surface area contributed by atoms with E-state index in [4.69, 9.17) is 9.47 Å². The van der Waals surface area contributed by atoms with E-state index in [9.17, 15) is 4.79 Å². The van der Waals surface area contributed by atoms with Gasteiger partial charge in [0, 0.05) is 18.5 Å². The van der Waals surface area contributed by atoms with Crippen molar-refractivity contribution in [1.82, 2.24) is 5.32 Å². The number of carbonyl (C=O) groups is 1. The van der Waals surface area contributed by atoms with Gasteiger partial charge in [-0.3, -0.25) is 4.79 Å². The van der Waals surface area contributed by atoms with Crippen LogP contribution >= 0.6 is 0 Å². The summed E-state index contributed by atoms with van der Waals surface area (Å²) in [5.41, 5.74) is 2.01. The molecule has 0 aromatic heterocycles. The maximum atomic E-state index is 12.0. The molecule has 0 bridgehead atoms. The fourth-order valence-electron chi connectivity index (χ4n) is 2.10. The molecule has 2 rings (SSSR count). The Hall–Kier alpha value is -1.39. The van der Waals surface area contributed by atoms with Crippen molar-refractivity contribution in [2.75, 3.05) is 19.8 Å². The first-order valence-electron chi connectivity index (χ1n) is 7.09. The van der Waals surface area contributed by atoms with Crippen LogP contribution in [0.1, 0.15) is 43.1 Å². The first kappa shape index (κ1) is 15.0. The van der Waals surface area contributed by atoms with Crippen molar-refractivity contribution in [2.24, 2.45) is 0 Å². The van der Waals surface area contributed by atoms with Crippen LogP contribution in [0.2, 0.25) is 0 Å². The maximum Gasteiger partial charge on any atom is 0.251 e. The van der Waals surface area contributed by atoms with Gasteiger partial charge in [0.1, 0.15) is 0 Å². The Balaban J connectivity index is 1.82. The molecule has 4 heteroatoms. The van der Waals surface area contributed by atoms with Crippen LogP contribution in [0.25, 0.3) is 0 Å². The van der Waals surface area contributed by atoms with Crippen molar-refractivity contribution < 1.29 is 14.3 Å². The van der Waals surface area contributed by atoms with Gasteiger partial charge < -0.3 is 14.8 Å². The highest BCUT2D eigenvalue weighted by molar-refractivity contribution is 5.94. The van der Waals surface area contributed by atoms with Crippen molar-refractivity contribution in [2.45, 2.75) is 38.9 Å². The molecule has 1 aliphatic rings. The second-order valence-corrected chi connectivity index (χ2v) is 6.04. The standard InChI is InChI=1S/C16H23NO3/c1-16(2,3)13-6-4-12(5-7-13)15(18)17-9-8-14-19-10-11-20-14/h4-7,14H,8-11H2,1-3H3,(H,17,18). The summed E-state index contributed by atoms with van der Waals surface area (Å²) in [6.07, 6.45) is 0.518. The highest BCUT2D eigenvalue weighted by Crippen LogP contribution is 2.22. The van der Waals surface area contributed by atoms with Crippen LogP contribution in [-0.2, 0) is 14.9 Å². The predicted octanol–water partition coefficient (Wildman–Crippen LogP) is 2.48. The lowest BCUT2D eigenvalue weighted by Gasteiger charge is -2.19. The minimum atomic E-state index is -0.168. The van der Waals surface area contributed by atoms with Gasteiger partial charge in [-0.05, 0) is 23.1 Å². The number of nitrogens with one attached hydrogen (secondary N) is 1. The molecule has 0 radical (unpaired) electrons. The molecule has 1 saturated heterocycles. The summed E-state index contributed by atoms with van der Waals surface area (Å²) in [5, 5.41) is 2.89. The molecule has 1 fully saturated rings. The summed E-state index contributed by atoms with van der Waals surface area (Å²) in [5.74, 6) is -0.0524. The van der Waals surface area contributed by atoms with Gasteiger partial charge in [-0.1, -0.05) is 32.9 Å². The molecule has 0 saturated carbocycles. The Kier molecular flexibility index (Phi) is 4.78. The summed E-state index contributed by atoms with van der Waals surface area (Å²) in [7, 11) is 0. The minimum Gasteiger partial charge on any atom is -0.352 e. The van der Waals surface area contributed by atoms with Gasteiger partial charge in [0.25, 0.3) is 5.91 Å². The van der Waals surface area contributed by atoms with Gasteiger partial charge in [0.15, 0.2) is 6.29 Å². The lowest BCUT2D eigenvalue weighted by atomic mass is 9.87. The number of hydrogen-bond donors (Lipinski definition) is 1. The lowest BCUT2D eigenvalue weighted by molar-refractivity contribution is -0.0455. The second-order valence-electron chi connectivity index (χ2n) is 6.04. The summed E-state index contributed by atoms with van der Waals surface area (Å²) in [6, 6.07) is 7.77. The first-order chi connectivity index (χ1) is 9.47. The molecule has 4 nitrogen and oxygen atoms in total. The van der Waals surface area contributed by atoms with Crippen LogP contribution < -0.4 is 5.32 Å². The predicted molar refractivity (Wildman–Crippen MR) is 77.8 cm³/mol. The summed E-state index contributed by atoms with van der Waals surface area (Å²) >= 11 is 0. The van der Waals surface area contributed by atoms with E-state index in [2.05, 4.69) is 26.1 Å². The highest BCUT2D eigenvalue weighted by atomic mass is 16.7. The Morgan fingerprint density at radius 3 is 2.35 bits per heavy atom. The number of hydrogen-bond acceptors (Lipinski definition) is 3. The number of ether oxygens (including phenoxy) is 2. The van der Waals surface area contributed by atoms with Crippen molar-refractivity contribution in [3.05, 3.63) is 35.4 Å². The highest BCUT2D eigenvalue weighted by Gasteiger charge is 2.16. The molecule has 0 unspecified atom stereocenters. The largest absolute Gasteiger partial charge is 0.352 e. The molecule has 1 aliphatic heterocycles. The van der Waals surface area contributed by atoms with Gasteiger partial charge in [-0.15, -0.1) is 0 Å². The number of amides is 1. The number of benzene rings is 1. The molecule has 0 atom stereocenters. The average Bonchev–Trinajstić information content (AvgIpc) is 2.91. The van der Waals surface area contributed by atoms with Gasteiger partial charge in [-0.25, -0.2) is 0 Å². The van der Waals surface area contributed by atoms with E-state index in [1.807, 2.05) is 24.3 Å². The average molecular weight is 277 g/mol. The van der Waals surface area contributed by atoms with Crippen molar-refractivity contribution in [3.63, 3.8) is 0 Å². The molecule has 1 aromatic rings. The fraction of sp³-hybridized carbons (Fsp3) is 0.562. The third kappa shape index (κ3) is 4.05. The normalized spacial score (nSPS) is 16.4. The molecule has 1 amide bonds. The number of carbonyl (C=O) groups excluding carboxylic acids is 1. The van der Waals surface area contributed by atoms with E-state index < -0.39 is 0 Å². The van der Waals surface area contributed by atoms with Crippen molar-refractivity contribution >= 4 is 5.91 Å². The zero-order valence-electron chi connectivity index (χ0n) is 12.4. The maximum absolute atomic E-state index is 12.0. The zero-order chi connectivity index (χ0) is 14.6. The number of rotatable bonds is 4. The molecule has 0 spiro atoms. The quantitative estimate of drug-likeness (QED) is 0.919. The molecular formula is C16H23NO3. The molecule has 1 N–H and O–H groups in total. The van der Waals surface area contributed by atoms with E-state index in [0.717, 1.165) is 0 Å². The summed E-state index contributed by atoms with van der Waals surface area (Å²) in [6.45, 7) is 8.32. The van der Waals surface area contributed by atoms with E-state index in [1.54, 1.807) is 0 Å². The van der Waals surface area contributed by atoms with Gasteiger partial charge in [-0.2, -0.15) is 0 Å². The molecule has 20 heavy (non-hydrogen) atoms. The lowest BCUT2D eigenvalue weighted by Crippen LogP contribution is -2.27. The van der Waals surface area contributed by atoms with Crippen molar-refractivity contribution in [1.29, 1.82) is 0 Å². The van der Waals surface area contributed by atoms with Crippen LogP contribution in [0.5, 0.6) is 0 Å². The zero-order valence-corrected chi connectivity index (χ0v) is 12.4. The summed E-state index contributed by atoms with van der Waals surface area (Å²) in [4.78, 5) is 12.0. The van der Waals surface area contributed by atoms with E-state index in [-0.39, 0.29) is 17.6 Å². The van der Waals surface area contributed by atoms with Crippen LogP contribution in [0, 0.1) is 0 Å². The third-order valence-corrected chi connectivity index (χ3v) is 3.37. The molecule has 0 aliphatic carbocycles. The topological polar surface area (TPSA) is 47.6 Å². The molecular weight excluding hydrogens is 254 g/mol. The third-order valence-electron chi connectivity index (χ3n) is 3.37. The fourth-order valence-corrected chi connectivity index (χ4v) is 2.10. The minimum absolute atomic E-state index is 0.0524. The van der Waals surface area contributed by atoms with E-state index in [0.29, 0.717) is 31.7 Å². The van der Waals surface area contributed by atoms with Gasteiger partial charge in [0.05, 0.1) is 13.2 Å². The van der Waals surface area contributed by atoms with Gasteiger partial charge in [0.2, 0.25) is 0 Å². The smallest absolute Gasteiger partial charge is 0.251 e. The summed E-state index contributed by atoms with van der Waals surface area (Å²) < 4.78 is 10.6. The molecule has 110 valence electrons. The Morgan fingerprint density at radius 1 is 1.20 bits per heavy atom. The second kappa shape index (κ2) is 6.37. The van der Waals surface area contributed by atoms with Crippen LogP contribution in [-0.4, -0.2) is 32.0 Å². The Labute approximate surface area is 120 Å². The van der Waals surface area contributed by atoms with Crippen LogP contribution in [0.3, 0.4) is 0 Å². The molecule has 1 aromatic carbocycles. The first-order valence-corrected chi connectivity index (χ1v) is 7.09. The van der Waals surface area contributed by atoms with Crippen LogP contribution in [0.4, 0.5) is 0 Å². The molecule has 1 heterocycles. The van der Waals surface area contributed by atoms with Crippen molar-refractivity contribution in [3.8, 4) is 0 Å². The Morgan fingerprint density at radius 2 is 1.80 bits per heavy atom. The monoisotopic (exact) mass is 277 g/mol. The van der Waals surface area contributed by atoms with Gasteiger partial charge >= 0.3 is 0 Å².